The van der Waals surface area contributed by atoms with Gasteiger partial charge in [-0.25, -0.2) is 0 Å². The maximum absolute atomic E-state index is 5.78. The van der Waals surface area contributed by atoms with Gasteiger partial charge in [0.15, 0.2) is 0 Å². The fourth-order valence-electron chi connectivity index (χ4n) is 3.73. The van der Waals surface area contributed by atoms with Crippen LogP contribution in [0.3, 0.4) is 0 Å². The van der Waals surface area contributed by atoms with Crippen LogP contribution in [0.5, 0.6) is 5.75 Å². The van der Waals surface area contributed by atoms with Gasteiger partial charge in [-0.15, -0.1) is 0 Å². The standard InChI is InChI=1S/C27H44O2/c1-2-3-4-5-6-7-8-9-10-11-12-13-14-15-16-17-19-25-20-18-21-26(22-25)28-23-27-24-29-27/h4-5,18,20-22,27H,2-3,6-17,19,23-24H2,1H3/b5-4+. The van der Waals surface area contributed by atoms with Crippen LogP contribution in [0.2, 0.25) is 0 Å². The normalized spacial score (nSPS) is 15.8. The monoisotopic (exact) mass is 400 g/mol. The molecule has 1 aromatic carbocycles. The van der Waals surface area contributed by atoms with Crippen LogP contribution in [0.15, 0.2) is 36.4 Å². The van der Waals surface area contributed by atoms with E-state index >= 15 is 0 Å². The van der Waals surface area contributed by atoms with E-state index in [-0.39, 0.29) is 0 Å². The molecule has 0 spiro atoms. The van der Waals surface area contributed by atoms with E-state index < -0.39 is 0 Å². The lowest BCUT2D eigenvalue weighted by Crippen LogP contribution is -2.04. The summed E-state index contributed by atoms with van der Waals surface area (Å²) in [4.78, 5) is 0. The Labute approximate surface area is 180 Å². The van der Waals surface area contributed by atoms with Gasteiger partial charge in [-0.3, -0.25) is 0 Å². The van der Waals surface area contributed by atoms with Crippen LogP contribution in [0.4, 0.5) is 0 Å². The molecule has 0 aliphatic carbocycles. The Kier molecular flexibility index (Phi) is 13.7. The highest BCUT2D eigenvalue weighted by Gasteiger charge is 2.22. The molecular weight excluding hydrogens is 356 g/mol. The van der Waals surface area contributed by atoms with Crippen LogP contribution < -0.4 is 4.74 Å². The highest BCUT2D eigenvalue weighted by atomic mass is 16.6. The topological polar surface area (TPSA) is 21.8 Å². The van der Waals surface area contributed by atoms with Gasteiger partial charge in [-0.1, -0.05) is 95.4 Å². The largest absolute Gasteiger partial charge is 0.491 e. The molecular formula is C27H44O2. The molecule has 0 saturated carbocycles. The number of hydrogen-bond acceptors (Lipinski definition) is 2. The van der Waals surface area contributed by atoms with Gasteiger partial charge in [0.25, 0.3) is 0 Å². The van der Waals surface area contributed by atoms with Gasteiger partial charge < -0.3 is 9.47 Å². The van der Waals surface area contributed by atoms with E-state index in [4.69, 9.17) is 9.47 Å². The van der Waals surface area contributed by atoms with E-state index in [0.29, 0.717) is 12.7 Å². The molecule has 1 aromatic rings. The first-order chi connectivity index (χ1) is 14.4. The summed E-state index contributed by atoms with van der Waals surface area (Å²) in [5.74, 6) is 0.992. The first kappa shape index (κ1) is 24.0. The smallest absolute Gasteiger partial charge is 0.119 e. The van der Waals surface area contributed by atoms with Crippen molar-refractivity contribution in [2.75, 3.05) is 13.2 Å². The van der Waals surface area contributed by atoms with Crippen LogP contribution in [-0.4, -0.2) is 19.3 Å². The van der Waals surface area contributed by atoms with Gasteiger partial charge in [-0.05, 0) is 49.8 Å². The molecule has 2 heteroatoms. The van der Waals surface area contributed by atoms with Crippen molar-refractivity contribution in [3.63, 3.8) is 0 Å². The molecule has 1 unspecified atom stereocenters. The molecule has 164 valence electrons. The predicted molar refractivity (Wildman–Crippen MR) is 125 cm³/mol. The van der Waals surface area contributed by atoms with Gasteiger partial charge in [0.2, 0.25) is 0 Å². The van der Waals surface area contributed by atoms with Crippen molar-refractivity contribution in [1.29, 1.82) is 0 Å². The third kappa shape index (κ3) is 13.5. The molecule has 29 heavy (non-hydrogen) atoms. The maximum atomic E-state index is 5.78. The summed E-state index contributed by atoms with van der Waals surface area (Å²) < 4.78 is 11.0. The second-order valence-electron chi connectivity index (χ2n) is 8.60. The fourth-order valence-corrected chi connectivity index (χ4v) is 3.73. The average Bonchev–Trinajstić information content (AvgIpc) is 3.57. The van der Waals surface area contributed by atoms with Crippen molar-refractivity contribution in [3.8, 4) is 5.75 Å². The van der Waals surface area contributed by atoms with Gasteiger partial charge in [-0.2, -0.15) is 0 Å². The number of allylic oxidation sites excluding steroid dienone is 2. The van der Waals surface area contributed by atoms with Crippen molar-refractivity contribution < 1.29 is 9.47 Å². The number of epoxide rings is 1. The molecule has 1 aliphatic rings. The zero-order valence-electron chi connectivity index (χ0n) is 18.9. The highest BCUT2D eigenvalue weighted by Crippen LogP contribution is 2.19. The Morgan fingerprint density at radius 3 is 2.14 bits per heavy atom. The molecule has 1 saturated heterocycles. The van der Waals surface area contributed by atoms with E-state index in [2.05, 4.69) is 43.3 Å². The molecule has 2 nitrogen and oxygen atoms in total. The van der Waals surface area contributed by atoms with Crippen LogP contribution in [-0.2, 0) is 11.2 Å². The fraction of sp³-hybridized carbons (Fsp3) is 0.704. The number of ether oxygens (including phenoxy) is 2. The lowest BCUT2D eigenvalue weighted by atomic mass is 10.0. The molecule has 1 aliphatic heterocycles. The number of unbranched alkanes of at least 4 members (excludes halogenated alkanes) is 12. The van der Waals surface area contributed by atoms with Crippen LogP contribution in [0.25, 0.3) is 0 Å². The summed E-state index contributed by atoms with van der Waals surface area (Å²) in [6.45, 7) is 3.80. The molecule has 0 N–H and O–H groups in total. The molecule has 0 amide bonds. The zero-order chi connectivity index (χ0) is 20.4. The SMILES string of the molecule is CCC/C=C/CCCCCCCCCCCCCc1cccc(OCC2CO2)c1. The first-order valence-electron chi connectivity index (χ1n) is 12.4. The van der Waals surface area contributed by atoms with Crippen LogP contribution in [0.1, 0.15) is 102 Å². The number of hydrogen-bond donors (Lipinski definition) is 0. The van der Waals surface area contributed by atoms with Crippen molar-refractivity contribution >= 4 is 0 Å². The van der Waals surface area contributed by atoms with Crippen molar-refractivity contribution in [2.24, 2.45) is 0 Å². The van der Waals surface area contributed by atoms with Gasteiger partial charge in [0, 0.05) is 0 Å². The maximum Gasteiger partial charge on any atom is 0.119 e. The zero-order valence-corrected chi connectivity index (χ0v) is 18.9. The van der Waals surface area contributed by atoms with E-state index in [1.165, 1.54) is 102 Å². The third-order valence-electron chi connectivity index (χ3n) is 5.69. The summed E-state index contributed by atoms with van der Waals surface area (Å²) >= 11 is 0. The lowest BCUT2D eigenvalue weighted by molar-refractivity contribution is 0.263. The van der Waals surface area contributed by atoms with Crippen LogP contribution >= 0.6 is 0 Å². The minimum Gasteiger partial charge on any atom is -0.491 e. The van der Waals surface area contributed by atoms with Gasteiger partial charge in [0.1, 0.15) is 18.5 Å². The Balaban J connectivity index is 1.33. The van der Waals surface area contributed by atoms with E-state index in [9.17, 15) is 0 Å². The van der Waals surface area contributed by atoms with Crippen molar-refractivity contribution in [2.45, 2.75) is 109 Å². The second-order valence-corrected chi connectivity index (χ2v) is 8.60. The molecule has 1 heterocycles. The summed E-state index contributed by atoms with van der Waals surface area (Å²) in [5.41, 5.74) is 1.40. The van der Waals surface area contributed by atoms with E-state index in [1.54, 1.807) is 0 Å². The Hall–Kier alpha value is -1.28. The van der Waals surface area contributed by atoms with Crippen molar-refractivity contribution in [1.82, 2.24) is 0 Å². The van der Waals surface area contributed by atoms with E-state index in [1.807, 2.05) is 0 Å². The van der Waals surface area contributed by atoms with Gasteiger partial charge in [0.05, 0.1) is 6.61 Å². The molecule has 1 atom stereocenters. The molecule has 0 aromatic heterocycles. The van der Waals surface area contributed by atoms with Crippen LogP contribution in [0, 0.1) is 0 Å². The summed E-state index contributed by atoms with van der Waals surface area (Å²) in [7, 11) is 0. The lowest BCUT2D eigenvalue weighted by Gasteiger charge is -2.07. The highest BCUT2D eigenvalue weighted by molar-refractivity contribution is 5.28. The minimum absolute atomic E-state index is 0.330. The quantitative estimate of drug-likeness (QED) is 0.133. The van der Waals surface area contributed by atoms with E-state index in [0.717, 1.165) is 12.4 Å². The molecule has 0 bridgehead atoms. The second kappa shape index (κ2) is 16.5. The first-order valence-corrected chi connectivity index (χ1v) is 12.4. The molecule has 2 rings (SSSR count). The number of benzene rings is 1. The molecule has 1 fully saturated rings. The number of aryl methyl sites for hydroxylation is 1. The Morgan fingerprint density at radius 2 is 1.48 bits per heavy atom. The summed E-state index contributed by atoms with van der Waals surface area (Å²) in [5, 5.41) is 0. The van der Waals surface area contributed by atoms with Crippen molar-refractivity contribution in [3.05, 3.63) is 42.0 Å². The summed E-state index contributed by atoms with van der Waals surface area (Å²) in [6.07, 6.45) is 25.4. The minimum atomic E-state index is 0.330. The number of rotatable bonds is 19. The third-order valence-corrected chi connectivity index (χ3v) is 5.69. The van der Waals surface area contributed by atoms with Gasteiger partial charge >= 0.3 is 0 Å². The predicted octanol–water partition coefficient (Wildman–Crippen LogP) is 8.04. The Morgan fingerprint density at radius 1 is 0.862 bits per heavy atom. The molecule has 0 radical (unpaired) electrons. The summed E-state index contributed by atoms with van der Waals surface area (Å²) in [6, 6.07) is 8.59. The average molecular weight is 401 g/mol. The Bertz CT molecular complexity index is 533.